The molecule has 3 aliphatic rings. The molecule has 1 aromatic carbocycles. The molecule has 166 valence electrons. The number of pyridine rings is 1. The van der Waals surface area contributed by atoms with Crippen LogP contribution in [0.2, 0.25) is 0 Å². The zero-order valence-electron chi connectivity index (χ0n) is 18.5. The van der Waals surface area contributed by atoms with Crippen molar-refractivity contribution in [3.05, 3.63) is 65.1 Å². The molecule has 0 radical (unpaired) electrons. The Kier molecular flexibility index (Phi) is 5.45. The van der Waals surface area contributed by atoms with Crippen molar-refractivity contribution in [2.24, 2.45) is 5.92 Å². The van der Waals surface area contributed by atoms with Crippen LogP contribution < -0.4 is 9.64 Å². The number of anilines is 1. The molecule has 1 aromatic heterocycles. The van der Waals surface area contributed by atoms with Crippen molar-refractivity contribution in [3.63, 3.8) is 0 Å². The number of rotatable bonds is 5. The number of ether oxygens (including phenoxy) is 2. The Morgan fingerprint density at radius 3 is 2.81 bits per heavy atom. The molecule has 1 aliphatic carbocycles. The number of aromatic nitrogens is 1. The van der Waals surface area contributed by atoms with Gasteiger partial charge in [-0.3, -0.25) is 14.5 Å². The lowest BCUT2D eigenvalue weighted by Crippen LogP contribution is -2.39. The van der Waals surface area contributed by atoms with E-state index in [1.165, 1.54) is 0 Å². The van der Waals surface area contributed by atoms with Gasteiger partial charge in [-0.15, -0.1) is 0 Å². The van der Waals surface area contributed by atoms with Crippen molar-refractivity contribution in [3.8, 4) is 5.75 Å². The van der Waals surface area contributed by atoms with Crippen molar-refractivity contribution < 1.29 is 19.1 Å². The molecule has 5 rings (SSSR count). The summed E-state index contributed by atoms with van der Waals surface area (Å²) < 4.78 is 12.1. The molecular weight excluding hydrogens is 404 g/mol. The number of amides is 1. The van der Waals surface area contributed by atoms with Crippen LogP contribution in [-0.2, 0) is 14.3 Å². The molecule has 0 N–H and O–H groups in total. The summed E-state index contributed by atoms with van der Waals surface area (Å²) in [5, 5.41) is 0. The monoisotopic (exact) mass is 432 g/mol. The number of hydrogen-bond donors (Lipinski definition) is 0. The standard InChI is InChI=1S/C26H28N2O4/c1-3-13-31-18-8-6-7-17(15-18)23-22-24(29)19-9-4-5-10-20(19)32-25(22)26(30)28(23)21-14-16(2)11-12-27-21/h6-8,11-12,14-15,19-20,23H,3-5,9-10,13H2,1-2H3. The van der Waals surface area contributed by atoms with Gasteiger partial charge in [-0.25, -0.2) is 4.98 Å². The minimum Gasteiger partial charge on any atom is -0.494 e. The van der Waals surface area contributed by atoms with E-state index in [2.05, 4.69) is 11.9 Å². The molecule has 0 bridgehead atoms. The van der Waals surface area contributed by atoms with Gasteiger partial charge in [-0.05, 0) is 68.0 Å². The molecule has 1 saturated carbocycles. The summed E-state index contributed by atoms with van der Waals surface area (Å²) in [6.07, 6.45) is 6.04. The fraction of sp³-hybridized carbons (Fsp3) is 0.423. The van der Waals surface area contributed by atoms with Crippen molar-refractivity contribution in [1.29, 1.82) is 0 Å². The maximum absolute atomic E-state index is 13.7. The minimum absolute atomic E-state index is 0.0457. The first-order valence-corrected chi connectivity index (χ1v) is 11.5. The first-order chi connectivity index (χ1) is 15.6. The quantitative estimate of drug-likeness (QED) is 0.686. The highest BCUT2D eigenvalue weighted by Gasteiger charge is 2.52. The maximum atomic E-state index is 13.7. The van der Waals surface area contributed by atoms with E-state index in [0.29, 0.717) is 18.0 Å². The molecule has 0 spiro atoms. The predicted octanol–water partition coefficient (Wildman–Crippen LogP) is 4.68. The highest BCUT2D eigenvalue weighted by atomic mass is 16.5. The fourth-order valence-electron chi connectivity index (χ4n) is 5.04. The summed E-state index contributed by atoms with van der Waals surface area (Å²) in [7, 11) is 0. The van der Waals surface area contributed by atoms with E-state index in [1.807, 2.05) is 43.3 Å². The number of ketones is 1. The average Bonchev–Trinajstić information content (AvgIpc) is 3.10. The summed E-state index contributed by atoms with van der Waals surface area (Å²) in [5.74, 6) is 1.02. The lowest BCUT2D eigenvalue weighted by Gasteiger charge is -2.35. The van der Waals surface area contributed by atoms with E-state index in [0.717, 1.165) is 49.0 Å². The van der Waals surface area contributed by atoms with E-state index in [-0.39, 0.29) is 29.5 Å². The highest BCUT2D eigenvalue weighted by Crippen LogP contribution is 2.48. The number of Topliss-reactive ketones (excluding diaryl/α,β-unsaturated/α-hetero) is 1. The Morgan fingerprint density at radius 1 is 1.16 bits per heavy atom. The van der Waals surface area contributed by atoms with Gasteiger partial charge in [0.15, 0.2) is 11.5 Å². The van der Waals surface area contributed by atoms with Crippen LogP contribution >= 0.6 is 0 Å². The molecule has 6 nitrogen and oxygen atoms in total. The number of fused-ring (bicyclic) bond motifs is 1. The van der Waals surface area contributed by atoms with Gasteiger partial charge in [-0.1, -0.05) is 25.5 Å². The summed E-state index contributed by atoms with van der Waals surface area (Å²) in [5.41, 5.74) is 2.29. The fourth-order valence-corrected chi connectivity index (χ4v) is 5.04. The Bertz CT molecular complexity index is 1090. The largest absolute Gasteiger partial charge is 0.494 e. The van der Waals surface area contributed by atoms with Gasteiger partial charge in [-0.2, -0.15) is 0 Å². The van der Waals surface area contributed by atoms with E-state index in [9.17, 15) is 9.59 Å². The van der Waals surface area contributed by atoms with Crippen LogP contribution in [0.15, 0.2) is 53.9 Å². The summed E-state index contributed by atoms with van der Waals surface area (Å²) in [4.78, 5) is 33.4. The third kappa shape index (κ3) is 3.48. The Morgan fingerprint density at radius 2 is 2.00 bits per heavy atom. The van der Waals surface area contributed by atoms with E-state index in [1.54, 1.807) is 11.1 Å². The summed E-state index contributed by atoms with van der Waals surface area (Å²) >= 11 is 0. The summed E-state index contributed by atoms with van der Waals surface area (Å²) in [6, 6.07) is 10.9. The molecule has 3 unspecified atom stereocenters. The van der Waals surface area contributed by atoms with Gasteiger partial charge >= 0.3 is 0 Å². The van der Waals surface area contributed by atoms with Crippen LogP contribution in [0.4, 0.5) is 5.82 Å². The lowest BCUT2D eigenvalue weighted by molar-refractivity contribution is -0.131. The van der Waals surface area contributed by atoms with Gasteiger partial charge in [0.25, 0.3) is 5.91 Å². The molecular formula is C26H28N2O4. The average molecular weight is 433 g/mol. The summed E-state index contributed by atoms with van der Waals surface area (Å²) in [6.45, 7) is 4.62. The van der Waals surface area contributed by atoms with Crippen LogP contribution in [0.5, 0.6) is 5.75 Å². The zero-order valence-corrected chi connectivity index (χ0v) is 18.5. The molecule has 0 saturated heterocycles. The first-order valence-electron chi connectivity index (χ1n) is 11.5. The number of carbonyl (C=O) groups excluding carboxylic acids is 2. The molecule has 3 atom stereocenters. The maximum Gasteiger partial charge on any atom is 0.295 e. The molecule has 2 aromatic rings. The molecule has 1 amide bonds. The molecule has 3 heterocycles. The van der Waals surface area contributed by atoms with Crippen molar-refractivity contribution in [2.75, 3.05) is 11.5 Å². The number of carbonyl (C=O) groups is 2. The van der Waals surface area contributed by atoms with Gasteiger partial charge in [0.2, 0.25) is 0 Å². The normalized spacial score (nSPS) is 24.8. The predicted molar refractivity (Wildman–Crippen MR) is 120 cm³/mol. The van der Waals surface area contributed by atoms with Crippen molar-refractivity contribution in [2.45, 2.75) is 58.1 Å². The van der Waals surface area contributed by atoms with Crippen LogP contribution in [0.25, 0.3) is 0 Å². The molecule has 2 aliphatic heterocycles. The second-order valence-corrected chi connectivity index (χ2v) is 8.84. The van der Waals surface area contributed by atoms with Crippen molar-refractivity contribution >= 4 is 17.5 Å². The zero-order chi connectivity index (χ0) is 22.2. The van der Waals surface area contributed by atoms with Crippen LogP contribution in [0.1, 0.15) is 56.2 Å². The second-order valence-electron chi connectivity index (χ2n) is 8.84. The smallest absolute Gasteiger partial charge is 0.295 e. The Balaban J connectivity index is 1.63. The third-order valence-corrected chi connectivity index (χ3v) is 6.56. The number of aryl methyl sites for hydroxylation is 1. The van der Waals surface area contributed by atoms with Crippen LogP contribution in [0.3, 0.4) is 0 Å². The van der Waals surface area contributed by atoms with Crippen molar-refractivity contribution in [1.82, 2.24) is 4.98 Å². The molecule has 6 heteroatoms. The lowest BCUT2D eigenvalue weighted by atomic mass is 9.77. The van der Waals surface area contributed by atoms with E-state index >= 15 is 0 Å². The van der Waals surface area contributed by atoms with Crippen LogP contribution in [0, 0.1) is 12.8 Å². The third-order valence-electron chi connectivity index (χ3n) is 6.56. The number of hydrogen-bond acceptors (Lipinski definition) is 5. The Labute approximate surface area is 188 Å². The van der Waals surface area contributed by atoms with E-state index < -0.39 is 6.04 Å². The second kappa shape index (κ2) is 8.41. The van der Waals surface area contributed by atoms with Gasteiger partial charge in [0, 0.05) is 6.20 Å². The van der Waals surface area contributed by atoms with Gasteiger partial charge in [0.05, 0.1) is 24.1 Å². The van der Waals surface area contributed by atoms with Gasteiger partial charge < -0.3 is 9.47 Å². The Hall–Kier alpha value is -3.15. The highest BCUT2D eigenvalue weighted by molar-refractivity contribution is 6.17. The number of nitrogens with zero attached hydrogens (tertiary/aromatic N) is 2. The minimum atomic E-state index is -0.577. The molecule has 1 fully saturated rings. The van der Waals surface area contributed by atoms with Gasteiger partial charge in [0.1, 0.15) is 17.7 Å². The first kappa shape index (κ1) is 20.7. The van der Waals surface area contributed by atoms with Crippen LogP contribution in [-0.4, -0.2) is 29.4 Å². The number of benzene rings is 1. The SMILES string of the molecule is CCCOc1cccc(C2C3=C(OC4CCCCC4C3=O)C(=O)N2c2cc(C)ccn2)c1. The topological polar surface area (TPSA) is 68.7 Å². The molecule has 32 heavy (non-hydrogen) atoms. The van der Waals surface area contributed by atoms with E-state index in [4.69, 9.17) is 9.47 Å².